The molecular formula is C23H22F5N3O2S. The summed E-state index contributed by atoms with van der Waals surface area (Å²) in [5.41, 5.74) is -1.63. The predicted molar refractivity (Wildman–Crippen MR) is 123 cm³/mol. The van der Waals surface area contributed by atoms with Crippen LogP contribution < -0.4 is 14.5 Å². The smallest absolute Gasteiger partial charge is 0.377 e. The van der Waals surface area contributed by atoms with Gasteiger partial charge in [-0.15, -0.1) is 0 Å². The quantitative estimate of drug-likeness (QED) is 0.450. The largest absolute Gasteiger partial charge is 0.420 e. The molecule has 0 aliphatic rings. The molecule has 0 saturated heterocycles. The minimum Gasteiger partial charge on any atom is -0.377 e. The molecule has 0 fully saturated rings. The Balaban J connectivity index is 2.33. The number of halogens is 5. The van der Waals surface area contributed by atoms with Crippen molar-refractivity contribution in [2.75, 3.05) is 42.7 Å². The van der Waals surface area contributed by atoms with Gasteiger partial charge in [-0.25, -0.2) is 17.2 Å². The van der Waals surface area contributed by atoms with E-state index in [2.05, 4.69) is 4.72 Å². The van der Waals surface area contributed by atoms with Gasteiger partial charge in [-0.3, -0.25) is 4.72 Å². The van der Waals surface area contributed by atoms with Crippen LogP contribution in [0.5, 0.6) is 0 Å². The Bertz CT molecular complexity index is 1280. The molecule has 3 aromatic rings. The van der Waals surface area contributed by atoms with Crippen molar-refractivity contribution in [1.29, 1.82) is 0 Å². The van der Waals surface area contributed by atoms with Gasteiger partial charge in [-0.1, -0.05) is 18.2 Å². The van der Waals surface area contributed by atoms with Gasteiger partial charge in [0.1, 0.15) is 5.56 Å². The summed E-state index contributed by atoms with van der Waals surface area (Å²) in [7, 11) is 1.14. The van der Waals surface area contributed by atoms with Crippen LogP contribution in [0.25, 0.3) is 11.1 Å². The minimum atomic E-state index is -4.73. The molecule has 0 bridgehead atoms. The fourth-order valence-electron chi connectivity index (χ4n) is 3.46. The Morgan fingerprint density at radius 1 is 0.794 bits per heavy atom. The Labute approximate surface area is 194 Å². The summed E-state index contributed by atoms with van der Waals surface area (Å²) >= 11 is 0. The summed E-state index contributed by atoms with van der Waals surface area (Å²) in [4.78, 5) is 1.81. The predicted octanol–water partition coefficient (Wildman–Crippen LogP) is 5.58. The van der Waals surface area contributed by atoms with Crippen molar-refractivity contribution in [3.8, 4) is 11.1 Å². The molecule has 0 spiro atoms. The number of nitrogens with one attached hydrogen (secondary N) is 1. The topological polar surface area (TPSA) is 52.7 Å². The first kappa shape index (κ1) is 25.3. The normalized spacial score (nSPS) is 11.9. The van der Waals surface area contributed by atoms with Crippen LogP contribution in [0.4, 0.5) is 39.0 Å². The lowest BCUT2D eigenvalue weighted by Crippen LogP contribution is -2.22. The molecule has 0 atom stereocenters. The van der Waals surface area contributed by atoms with Crippen molar-refractivity contribution >= 4 is 27.1 Å². The first-order chi connectivity index (χ1) is 15.7. The zero-order chi connectivity index (χ0) is 25.4. The number of nitrogens with zero attached hydrogens (tertiary/aromatic N) is 2. The van der Waals surface area contributed by atoms with Crippen LogP contribution in [0.3, 0.4) is 0 Å². The van der Waals surface area contributed by atoms with E-state index >= 15 is 0 Å². The number of rotatable bonds is 6. The highest BCUT2D eigenvalue weighted by Crippen LogP contribution is 2.45. The maximum absolute atomic E-state index is 14.3. The summed E-state index contributed by atoms with van der Waals surface area (Å²) in [6.07, 6.45) is -4.73. The van der Waals surface area contributed by atoms with Gasteiger partial charge < -0.3 is 9.80 Å². The average molecular weight is 500 g/mol. The molecule has 0 aliphatic heterocycles. The summed E-state index contributed by atoms with van der Waals surface area (Å²) in [5, 5.41) is 0. The Hall–Kier alpha value is -3.34. The molecule has 0 aromatic heterocycles. The van der Waals surface area contributed by atoms with Crippen LogP contribution >= 0.6 is 0 Å². The SMILES string of the molecule is CN(C)c1cc(-c2cc(F)c(F)cc2S(=O)(=O)Nc2ccccc2)cc(N(C)C)c1C(F)(F)F. The third kappa shape index (κ3) is 5.09. The van der Waals surface area contributed by atoms with Crippen molar-refractivity contribution in [2.45, 2.75) is 11.1 Å². The zero-order valence-corrected chi connectivity index (χ0v) is 19.5. The molecule has 0 amide bonds. The van der Waals surface area contributed by atoms with Crippen LogP contribution in [0.15, 0.2) is 59.5 Å². The number of hydrogen-bond donors (Lipinski definition) is 1. The Kier molecular flexibility index (Phi) is 6.79. The first-order valence-corrected chi connectivity index (χ1v) is 11.4. The fraction of sp³-hybridized carbons (Fsp3) is 0.217. The van der Waals surface area contributed by atoms with Gasteiger partial charge in [-0.05, 0) is 42.0 Å². The van der Waals surface area contributed by atoms with E-state index in [0.29, 0.717) is 12.1 Å². The van der Waals surface area contributed by atoms with E-state index in [9.17, 15) is 30.4 Å². The molecule has 3 aromatic carbocycles. The first-order valence-electron chi connectivity index (χ1n) is 9.89. The van der Waals surface area contributed by atoms with E-state index < -0.39 is 38.3 Å². The van der Waals surface area contributed by atoms with Crippen LogP contribution in [0, 0.1) is 11.6 Å². The van der Waals surface area contributed by atoms with Crippen molar-refractivity contribution in [2.24, 2.45) is 0 Å². The van der Waals surface area contributed by atoms with Crippen LogP contribution in [-0.2, 0) is 16.2 Å². The molecular weight excluding hydrogens is 477 g/mol. The molecule has 34 heavy (non-hydrogen) atoms. The molecule has 1 N–H and O–H groups in total. The van der Waals surface area contributed by atoms with E-state index in [1.54, 1.807) is 18.2 Å². The maximum atomic E-state index is 14.3. The van der Waals surface area contributed by atoms with E-state index in [1.807, 2.05) is 0 Å². The van der Waals surface area contributed by atoms with Crippen LogP contribution in [-0.4, -0.2) is 36.6 Å². The van der Waals surface area contributed by atoms with Crippen LogP contribution in [0.1, 0.15) is 5.56 Å². The fourth-order valence-corrected chi connectivity index (χ4v) is 4.74. The van der Waals surface area contributed by atoms with Gasteiger partial charge in [0, 0.05) is 39.4 Å². The van der Waals surface area contributed by atoms with Crippen molar-refractivity contribution < 1.29 is 30.4 Å². The summed E-state index contributed by atoms with van der Waals surface area (Å²) in [6.45, 7) is 0. The Morgan fingerprint density at radius 3 is 1.76 bits per heavy atom. The molecule has 0 aliphatic carbocycles. The summed E-state index contributed by atoms with van der Waals surface area (Å²) in [6, 6.07) is 11.1. The van der Waals surface area contributed by atoms with E-state index in [1.165, 1.54) is 50.1 Å². The lowest BCUT2D eigenvalue weighted by molar-refractivity contribution is -0.136. The molecule has 3 rings (SSSR count). The van der Waals surface area contributed by atoms with Crippen molar-refractivity contribution in [3.05, 3.63) is 71.8 Å². The molecule has 0 radical (unpaired) electrons. The van der Waals surface area contributed by atoms with E-state index in [-0.39, 0.29) is 28.2 Å². The Morgan fingerprint density at radius 2 is 1.29 bits per heavy atom. The minimum absolute atomic E-state index is 0.0345. The summed E-state index contributed by atoms with van der Waals surface area (Å²) < 4.78 is 98.7. The van der Waals surface area contributed by atoms with Gasteiger partial charge in [0.15, 0.2) is 11.6 Å². The van der Waals surface area contributed by atoms with Crippen molar-refractivity contribution in [1.82, 2.24) is 0 Å². The average Bonchev–Trinajstić information content (AvgIpc) is 2.74. The highest BCUT2D eigenvalue weighted by molar-refractivity contribution is 7.92. The number of para-hydroxylation sites is 1. The van der Waals surface area contributed by atoms with Gasteiger partial charge in [-0.2, -0.15) is 13.2 Å². The number of sulfonamides is 1. The standard InChI is InChI=1S/C23H22F5N3O2S/c1-30(2)19-10-14(11-20(31(3)4)22(19)23(26,27)28)16-12-17(24)18(25)13-21(16)34(32,33)29-15-8-6-5-7-9-15/h5-13,29H,1-4H3. The second-order valence-electron chi connectivity index (χ2n) is 7.91. The molecule has 0 heterocycles. The molecule has 0 saturated carbocycles. The molecule has 5 nitrogen and oxygen atoms in total. The number of hydrogen-bond acceptors (Lipinski definition) is 4. The summed E-state index contributed by atoms with van der Waals surface area (Å²) in [5.74, 6) is -2.75. The number of alkyl halides is 3. The van der Waals surface area contributed by atoms with Gasteiger partial charge in [0.2, 0.25) is 0 Å². The molecule has 182 valence electrons. The number of benzene rings is 3. The van der Waals surface area contributed by atoms with Gasteiger partial charge in [0.25, 0.3) is 10.0 Å². The second-order valence-corrected chi connectivity index (χ2v) is 9.56. The van der Waals surface area contributed by atoms with Gasteiger partial charge >= 0.3 is 6.18 Å². The lowest BCUT2D eigenvalue weighted by atomic mass is 9.98. The van der Waals surface area contributed by atoms with Gasteiger partial charge in [0.05, 0.1) is 16.3 Å². The molecule has 0 unspecified atom stereocenters. The van der Waals surface area contributed by atoms with E-state index in [4.69, 9.17) is 0 Å². The number of anilines is 3. The lowest BCUT2D eigenvalue weighted by Gasteiger charge is -2.27. The molecule has 11 heteroatoms. The highest BCUT2D eigenvalue weighted by Gasteiger charge is 2.38. The van der Waals surface area contributed by atoms with Crippen molar-refractivity contribution in [3.63, 3.8) is 0 Å². The van der Waals surface area contributed by atoms with Crippen LogP contribution in [0.2, 0.25) is 0 Å². The third-order valence-electron chi connectivity index (χ3n) is 4.99. The zero-order valence-electron chi connectivity index (χ0n) is 18.7. The second kappa shape index (κ2) is 9.13. The monoisotopic (exact) mass is 499 g/mol. The highest BCUT2D eigenvalue weighted by atomic mass is 32.2. The third-order valence-corrected chi connectivity index (χ3v) is 6.41. The maximum Gasteiger partial charge on any atom is 0.420 e. The van der Waals surface area contributed by atoms with E-state index in [0.717, 1.165) is 12.1 Å².